The van der Waals surface area contributed by atoms with E-state index in [4.69, 9.17) is 23.7 Å². The first kappa shape index (κ1) is 16.7. The number of methoxy groups -OCH3 is 1. The number of esters is 3. The van der Waals surface area contributed by atoms with Gasteiger partial charge in [0.2, 0.25) is 6.10 Å². The van der Waals surface area contributed by atoms with Gasteiger partial charge in [-0.2, -0.15) is 0 Å². The van der Waals surface area contributed by atoms with Crippen molar-refractivity contribution < 1.29 is 38.1 Å². The summed E-state index contributed by atoms with van der Waals surface area (Å²) in [7, 11) is 1.48. The van der Waals surface area contributed by atoms with Crippen LogP contribution < -0.4 is 0 Å². The molecule has 0 bridgehead atoms. The zero-order chi connectivity index (χ0) is 16.3. The Bertz CT molecular complexity index is 462. The van der Waals surface area contributed by atoms with Crippen LogP contribution in [0.3, 0.4) is 0 Å². The Morgan fingerprint density at radius 2 is 1.95 bits per heavy atom. The Labute approximate surface area is 128 Å². The average Bonchev–Trinajstić information content (AvgIpc) is 2.93. The van der Waals surface area contributed by atoms with E-state index in [1.54, 1.807) is 0 Å². The van der Waals surface area contributed by atoms with Crippen LogP contribution in [-0.2, 0) is 38.1 Å². The second-order valence-electron chi connectivity index (χ2n) is 5.39. The van der Waals surface area contributed by atoms with Crippen LogP contribution in [0.4, 0.5) is 0 Å². The fraction of sp³-hybridized carbons (Fsp3) is 0.786. The van der Waals surface area contributed by atoms with Gasteiger partial charge in [-0.1, -0.05) is 0 Å². The summed E-state index contributed by atoms with van der Waals surface area (Å²) >= 11 is 0. The van der Waals surface area contributed by atoms with Crippen molar-refractivity contribution in [3.05, 3.63) is 0 Å². The Balaban J connectivity index is 2.29. The number of hydrogen-bond acceptors (Lipinski definition) is 8. The standard InChI is InChI=1S/C14H20O8/c1-8(15)20-11-12(21-9(2)16)14(22-13(11)17)6-4-5-10(14)19-7-18-3/h10-12H,4-7H2,1-3H3/t10-,11+,12-,14-/m0/s1. The van der Waals surface area contributed by atoms with Crippen LogP contribution in [0.2, 0.25) is 0 Å². The Morgan fingerprint density at radius 3 is 2.55 bits per heavy atom. The topological polar surface area (TPSA) is 97.4 Å². The predicted molar refractivity (Wildman–Crippen MR) is 70.5 cm³/mol. The highest BCUT2D eigenvalue weighted by Gasteiger charge is 2.65. The van der Waals surface area contributed by atoms with E-state index in [0.29, 0.717) is 12.8 Å². The predicted octanol–water partition coefficient (Wildman–Crippen LogP) is 0.318. The Morgan fingerprint density at radius 1 is 1.27 bits per heavy atom. The normalized spacial score (nSPS) is 33.8. The third-order valence-electron chi connectivity index (χ3n) is 3.83. The molecule has 0 N–H and O–H groups in total. The van der Waals surface area contributed by atoms with Crippen LogP contribution in [0.25, 0.3) is 0 Å². The summed E-state index contributed by atoms with van der Waals surface area (Å²) in [6, 6.07) is 0. The van der Waals surface area contributed by atoms with Crippen LogP contribution >= 0.6 is 0 Å². The quantitative estimate of drug-likeness (QED) is 0.406. The molecule has 4 atom stereocenters. The van der Waals surface area contributed by atoms with Gasteiger partial charge < -0.3 is 23.7 Å². The van der Waals surface area contributed by atoms with Crippen LogP contribution in [-0.4, -0.2) is 55.7 Å². The largest absolute Gasteiger partial charge is 0.453 e. The smallest absolute Gasteiger partial charge is 0.352 e. The maximum absolute atomic E-state index is 12.1. The molecule has 1 aliphatic carbocycles. The molecule has 8 heteroatoms. The Kier molecular flexibility index (Phi) is 5.02. The van der Waals surface area contributed by atoms with E-state index < -0.39 is 41.8 Å². The lowest BCUT2D eigenvalue weighted by Crippen LogP contribution is -2.52. The molecule has 0 amide bonds. The molecule has 0 aromatic heterocycles. The van der Waals surface area contributed by atoms with Crippen LogP contribution in [0.15, 0.2) is 0 Å². The van der Waals surface area contributed by atoms with Crippen molar-refractivity contribution in [1.82, 2.24) is 0 Å². The molecule has 2 rings (SSSR count). The number of rotatable bonds is 5. The molecule has 0 radical (unpaired) electrons. The summed E-state index contributed by atoms with van der Waals surface area (Å²) in [5.41, 5.74) is -1.14. The molecule has 0 aromatic rings. The highest BCUT2D eigenvalue weighted by atomic mass is 16.7. The van der Waals surface area contributed by atoms with Gasteiger partial charge in [-0.25, -0.2) is 4.79 Å². The summed E-state index contributed by atoms with van der Waals surface area (Å²) in [6.45, 7) is 2.42. The van der Waals surface area contributed by atoms with Gasteiger partial charge in [0.15, 0.2) is 11.7 Å². The molecular formula is C14H20O8. The molecule has 1 aliphatic heterocycles. The van der Waals surface area contributed by atoms with E-state index in [-0.39, 0.29) is 6.79 Å². The molecule has 124 valence electrons. The van der Waals surface area contributed by atoms with Gasteiger partial charge in [-0.15, -0.1) is 0 Å². The molecule has 2 fully saturated rings. The first-order valence-corrected chi connectivity index (χ1v) is 7.08. The minimum atomic E-state index is -1.27. The third kappa shape index (κ3) is 3.07. The zero-order valence-electron chi connectivity index (χ0n) is 12.8. The molecule has 22 heavy (non-hydrogen) atoms. The van der Waals surface area contributed by atoms with Crippen molar-refractivity contribution in [2.75, 3.05) is 13.9 Å². The van der Waals surface area contributed by atoms with Crippen molar-refractivity contribution in [3.63, 3.8) is 0 Å². The number of carbonyl (C=O) groups is 3. The summed E-state index contributed by atoms with van der Waals surface area (Å²) in [4.78, 5) is 34.7. The Hall–Kier alpha value is -1.67. The van der Waals surface area contributed by atoms with Crippen LogP contribution in [0.5, 0.6) is 0 Å². The van der Waals surface area contributed by atoms with E-state index in [9.17, 15) is 14.4 Å². The molecule has 0 aromatic carbocycles. The summed E-state index contributed by atoms with van der Waals surface area (Å²) in [5.74, 6) is -1.96. The van der Waals surface area contributed by atoms with Crippen molar-refractivity contribution in [1.29, 1.82) is 0 Å². The van der Waals surface area contributed by atoms with Crippen molar-refractivity contribution >= 4 is 17.9 Å². The number of hydrogen-bond donors (Lipinski definition) is 0. The van der Waals surface area contributed by atoms with Crippen LogP contribution in [0.1, 0.15) is 33.1 Å². The second kappa shape index (κ2) is 6.62. The van der Waals surface area contributed by atoms with Crippen molar-refractivity contribution in [2.24, 2.45) is 0 Å². The van der Waals surface area contributed by atoms with E-state index in [1.165, 1.54) is 21.0 Å². The minimum absolute atomic E-state index is 0.0228. The maximum Gasteiger partial charge on any atom is 0.352 e. The highest BCUT2D eigenvalue weighted by molar-refractivity contribution is 5.83. The lowest BCUT2D eigenvalue weighted by atomic mass is 9.91. The monoisotopic (exact) mass is 316 g/mol. The van der Waals surface area contributed by atoms with E-state index in [2.05, 4.69) is 0 Å². The maximum atomic E-state index is 12.1. The molecule has 1 spiro atoms. The molecule has 0 unspecified atom stereocenters. The fourth-order valence-corrected chi connectivity index (χ4v) is 3.10. The zero-order valence-corrected chi connectivity index (χ0v) is 12.8. The first-order valence-electron chi connectivity index (χ1n) is 7.08. The minimum Gasteiger partial charge on any atom is -0.453 e. The lowest BCUT2D eigenvalue weighted by molar-refractivity contribution is -0.194. The van der Waals surface area contributed by atoms with Gasteiger partial charge >= 0.3 is 17.9 Å². The van der Waals surface area contributed by atoms with Gasteiger partial charge in [0.25, 0.3) is 0 Å². The highest BCUT2D eigenvalue weighted by Crippen LogP contribution is 2.45. The molecule has 2 aliphatic rings. The molecule has 1 saturated carbocycles. The van der Waals surface area contributed by atoms with E-state index in [0.717, 1.165) is 6.42 Å². The number of carbonyl (C=O) groups excluding carboxylic acids is 3. The number of ether oxygens (including phenoxy) is 5. The molecular weight excluding hydrogens is 296 g/mol. The third-order valence-corrected chi connectivity index (χ3v) is 3.83. The summed E-state index contributed by atoms with van der Waals surface area (Å²) in [6.07, 6.45) is -0.962. The van der Waals surface area contributed by atoms with Crippen LogP contribution in [0, 0.1) is 0 Å². The fourth-order valence-electron chi connectivity index (χ4n) is 3.10. The van der Waals surface area contributed by atoms with Gasteiger partial charge in [-0.05, 0) is 19.3 Å². The van der Waals surface area contributed by atoms with Crippen molar-refractivity contribution in [2.45, 2.75) is 57.0 Å². The second-order valence-corrected chi connectivity index (χ2v) is 5.39. The molecule has 8 nitrogen and oxygen atoms in total. The van der Waals surface area contributed by atoms with Gasteiger partial charge in [-0.3, -0.25) is 9.59 Å². The lowest BCUT2D eigenvalue weighted by Gasteiger charge is -2.34. The average molecular weight is 316 g/mol. The van der Waals surface area contributed by atoms with Crippen molar-refractivity contribution in [3.8, 4) is 0 Å². The van der Waals surface area contributed by atoms with E-state index >= 15 is 0 Å². The summed E-state index contributed by atoms with van der Waals surface area (Å²) < 4.78 is 26.2. The van der Waals surface area contributed by atoms with Gasteiger partial charge in [0.05, 0.1) is 0 Å². The molecule has 1 saturated heterocycles. The van der Waals surface area contributed by atoms with E-state index in [1.807, 2.05) is 0 Å². The summed E-state index contributed by atoms with van der Waals surface area (Å²) in [5, 5.41) is 0. The SMILES string of the molecule is COCO[C@H]1CCC[C@]12OC(=O)[C@H](OC(C)=O)[C@@H]2OC(C)=O. The van der Waals surface area contributed by atoms with Gasteiger partial charge in [0, 0.05) is 21.0 Å². The van der Waals surface area contributed by atoms with Gasteiger partial charge in [0.1, 0.15) is 12.9 Å². The molecule has 1 heterocycles. The first-order chi connectivity index (χ1) is 10.4.